The molecule has 0 amide bonds. The number of pyridine rings is 1. The van der Waals surface area contributed by atoms with E-state index in [0.717, 1.165) is 55.1 Å². The fourth-order valence-corrected chi connectivity index (χ4v) is 6.33. The molecule has 0 atom stereocenters. The van der Waals surface area contributed by atoms with Crippen LogP contribution < -0.4 is 5.30 Å². The maximum absolute atomic E-state index is 12.7. The Morgan fingerprint density at radius 3 is 2.05 bits per heavy atom. The highest BCUT2D eigenvalue weighted by molar-refractivity contribution is 7.70. The van der Waals surface area contributed by atoms with Gasteiger partial charge in [0.2, 0.25) is 0 Å². The van der Waals surface area contributed by atoms with Crippen molar-refractivity contribution < 1.29 is 4.57 Å². The van der Waals surface area contributed by atoms with Gasteiger partial charge >= 0.3 is 0 Å². The monoisotopic (exact) mass is 522 g/mol. The van der Waals surface area contributed by atoms with Crippen LogP contribution in [-0.2, 0) is 4.57 Å². The van der Waals surface area contributed by atoms with Crippen LogP contribution in [0.25, 0.3) is 61.0 Å². The first-order valence-corrected chi connectivity index (χ1v) is 15.7. The Hall–Kier alpha value is -4.46. The van der Waals surface area contributed by atoms with Crippen molar-refractivity contribution in [2.75, 3.05) is 13.3 Å². The highest BCUT2D eigenvalue weighted by Crippen LogP contribution is 2.38. The lowest BCUT2D eigenvalue weighted by atomic mass is 9.97. The van der Waals surface area contributed by atoms with Gasteiger partial charge in [-0.1, -0.05) is 91.0 Å². The molecule has 7 rings (SSSR count). The Kier molecular flexibility index (Phi) is 5.50. The summed E-state index contributed by atoms with van der Waals surface area (Å²) in [6.07, 6.45) is 0. The van der Waals surface area contributed by atoms with Gasteiger partial charge in [0.1, 0.15) is 12.8 Å². The van der Waals surface area contributed by atoms with Gasteiger partial charge in [0.15, 0.2) is 0 Å². The molecule has 39 heavy (non-hydrogen) atoms. The number of fused-ring (bicyclic) bond motifs is 5. The summed E-state index contributed by atoms with van der Waals surface area (Å²) in [4.78, 5) is 5.12. The molecule has 0 saturated heterocycles. The van der Waals surface area contributed by atoms with E-state index in [9.17, 15) is 4.57 Å². The van der Waals surface area contributed by atoms with Gasteiger partial charge < -0.3 is 4.57 Å². The summed E-state index contributed by atoms with van der Waals surface area (Å²) in [6.45, 7) is 3.64. The van der Waals surface area contributed by atoms with Crippen molar-refractivity contribution in [3.8, 4) is 33.4 Å². The molecular formula is C35H27N2OP. The smallest absolute Gasteiger partial charge is 0.146 e. The number of nitrogens with zero attached hydrogens (tertiary/aromatic N) is 2. The zero-order valence-corrected chi connectivity index (χ0v) is 22.8. The minimum absolute atomic E-state index is 0.896. The number of aromatic nitrogens is 2. The van der Waals surface area contributed by atoms with E-state index in [1.807, 2.05) is 37.6 Å². The van der Waals surface area contributed by atoms with E-state index in [1.54, 1.807) is 0 Å². The molecule has 4 heteroatoms. The Morgan fingerprint density at radius 2 is 1.23 bits per heavy atom. The summed E-state index contributed by atoms with van der Waals surface area (Å²) in [5, 5.41) is 2.05. The summed E-state index contributed by atoms with van der Waals surface area (Å²) in [6, 6.07) is 44.4. The summed E-state index contributed by atoms with van der Waals surface area (Å²) in [5.74, 6) is 0. The molecule has 188 valence electrons. The standard InChI is InChI=1S/C35H27N2OP/c1-39(2,38)30-15-9-13-26(21-30)25-12-8-14-28(20-25)31-22-29-19-18-27(24-10-4-3-5-11-24)23-34(29)37-33-17-7-6-16-32(33)36-35(31)37/h3-23H,1-2H3. The normalized spacial score (nSPS) is 11.9. The van der Waals surface area contributed by atoms with Crippen LogP contribution in [0.4, 0.5) is 0 Å². The molecule has 0 aliphatic rings. The van der Waals surface area contributed by atoms with Crippen LogP contribution in [0.3, 0.4) is 0 Å². The minimum atomic E-state index is -2.35. The predicted molar refractivity (Wildman–Crippen MR) is 166 cm³/mol. The molecule has 5 aromatic carbocycles. The van der Waals surface area contributed by atoms with Crippen LogP contribution in [0.2, 0.25) is 0 Å². The first kappa shape index (κ1) is 23.6. The SMILES string of the molecule is CP(C)(=O)c1cccc(-c2cccc(-c3cc4ccc(-c5ccccc5)cc4n4c3nc3ccccc34)c2)c1. The fraction of sp³-hybridized carbons (Fsp3) is 0.0571. The van der Waals surface area contributed by atoms with Gasteiger partial charge in [-0.05, 0) is 82.9 Å². The van der Waals surface area contributed by atoms with Gasteiger partial charge in [0.25, 0.3) is 0 Å². The van der Waals surface area contributed by atoms with Crippen molar-refractivity contribution in [2.24, 2.45) is 0 Å². The van der Waals surface area contributed by atoms with Crippen molar-refractivity contribution in [2.45, 2.75) is 0 Å². The topological polar surface area (TPSA) is 34.4 Å². The first-order chi connectivity index (χ1) is 19.0. The van der Waals surface area contributed by atoms with Crippen LogP contribution >= 0.6 is 7.14 Å². The van der Waals surface area contributed by atoms with E-state index in [4.69, 9.17) is 4.98 Å². The molecule has 0 aliphatic heterocycles. The fourth-order valence-electron chi connectivity index (χ4n) is 5.44. The Labute approximate surface area is 227 Å². The Bertz CT molecular complexity index is 2070. The van der Waals surface area contributed by atoms with E-state index in [2.05, 4.69) is 108 Å². The number of rotatable bonds is 4. The molecule has 0 unspecified atom stereocenters. The van der Waals surface area contributed by atoms with Crippen molar-refractivity contribution in [3.05, 3.63) is 127 Å². The summed E-state index contributed by atoms with van der Waals surface area (Å²) in [5.41, 5.74) is 10.9. The molecule has 0 N–H and O–H groups in total. The number of hydrogen-bond acceptors (Lipinski definition) is 2. The number of hydrogen-bond donors (Lipinski definition) is 0. The van der Waals surface area contributed by atoms with Crippen LogP contribution in [0.5, 0.6) is 0 Å². The molecule has 0 aliphatic carbocycles. The summed E-state index contributed by atoms with van der Waals surface area (Å²) in [7, 11) is -2.35. The molecule has 2 aromatic heterocycles. The van der Waals surface area contributed by atoms with Gasteiger partial charge in [-0.3, -0.25) is 4.40 Å². The van der Waals surface area contributed by atoms with E-state index in [1.165, 1.54) is 11.1 Å². The lowest BCUT2D eigenvalue weighted by Crippen LogP contribution is -2.02. The van der Waals surface area contributed by atoms with Gasteiger partial charge in [0, 0.05) is 10.9 Å². The second-order valence-electron chi connectivity index (χ2n) is 10.4. The van der Waals surface area contributed by atoms with E-state index < -0.39 is 7.14 Å². The van der Waals surface area contributed by atoms with Gasteiger partial charge in [-0.2, -0.15) is 0 Å². The summed E-state index contributed by atoms with van der Waals surface area (Å²) < 4.78 is 15.0. The average Bonchev–Trinajstić information content (AvgIpc) is 3.37. The van der Waals surface area contributed by atoms with Crippen molar-refractivity contribution in [1.29, 1.82) is 0 Å². The van der Waals surface area contributed by atoms with E-state index in [-0.39, 0.29) is 0 Å². The molecule has 0 spiro atoms. The average molecular weight is 523 g/mol. The largest absolute Gasteiger partial charge is 0.319 e. The van der Waals surface area contributed by atoms with Gasteiger partial charge in [-0.15, -0.1) is 0 Å². The molecular weight excluding hydrogens is 495 g/mol. The summed E-state index contributed by atoms with van der Waals surface area (Å²) >= 11 is 0. The zero-order valence-electron chi connectivity index (χ0n) is 21.9. The third-order valence-electron chi connectivity index (χ3n) is 7.45. The Morgan fingerprint density at radius 1 is 0.564 bits per heavy atom. The highest BCUT2D eigenvalue weighted by atomic mass is 31.2. The minimum Gasteiger partial charge on any atom is -0.319 e. The van der Waals surface area contributed by atoms with Crippen LogP contribution in [0.15, 0.2) is 127 Å². The lowest BCUT2D eigenvalue weighted by molar-refractivity contribution is 0.588. The third kappa shape index (κ3) is 4.16. The second-order valence-corrected chi connectivity index (χ2v) is 13.7. The van der Waals surface area contributed by atoms with Crippen molar-refractivity contribution in [3.63, 3.8) is 0 Å². The van der Waals surface area contributed by atoms with E-state index in [0.29, 0.717) is 0 Å². The molecule has 3 nitrogen and oxygen atoms in total. The molecule has 0 saturated carbocycles. The third-order valence-corrected chi connectivity index (χ3v) is 8.98. The lowest BCUT2D eigenvalue weighted by Gasteiger charge is -2.13. The molecule has 0 fully saturated rings. The number of benzene rings is 5. The second kappa shape index (κ2) is 9.08. The first-order valence-electron chi connectivity index (χ1n) is 13.1. The number of para-hydroxylation sites is 2. The van der Waals surface area contributed by atoms with Gasteiger partial charge in [0.05, 0.1) is 16.6 Å². The predicted octanol–water partition coefficient (Wildman–Crippen LogP) is 8.89. The zero-order chi connectivity index (χ0) is 26.6. The molecule has 0 bridgehead atoms. The van der Waals surface area contributed by atoms with Crippen LogP contribution in [-0.4, -0.2) is 22.7 Å². The quantitative estimate of drug-likeness (QED) is 0.216. The molecule has 0 radical (unpaired) electrons. The molecule has 7 aromatic rings. The van der Waals surface area contributed by atoms with E-state index >= 15 is 0 Å². The Balaban J connectivity index is 1.47. The maximum Gasteiger partial charge on any atom is 0.146 e. The number of imidazole rings is 1. The maximum atomic E-state index is 12.7. The van der Waals surface area contributed by atoms with Crippen molar-refractivity contribution >= 4 is 40.0 Å². The van der Waals surface area contributed by atoms with Crippen LogP contribution in [0.1, 0.15) is 0 Å². The van der Waals surface area contributed by atoms with Crippen LogP contribution in [0, 0.1) is 0 Å². The highest BCUT2D eigenvalue weighted by Gasteiger charge is 2.16. The van der Waals surface area contributed by atoms with Gasteiger partial charge in [-0.25, -0.2) is 4.98 Å². The molecule has 2 heterocycles. The van der Waals surface area contributed by atoms with Crippen molar-refractivity contribution in [1.82, 2.24) is 9.38 Å².